The summed E-state index contributed by atoms with van der Waals surface area (Å²) in [5, 5.41) is 8.93. The fourth-order valence-electron chi connectivity index (χ4n) is 2.19. The Bertz CT molecular complexity index is 263. The third-order valence-corrected chi connectivity index (χ3v) is 3.74. The molecule has 0 saturated heterocycles. The number of aliphatic carboxylic acids is 1. The molecule has 0 aliphatic heterocycles. The minimum atomic E-state index is -1.06. The first-order chi connectivity index (χ1) is 8.47. The number of nitrogens with zero attached hydrogens (tertiary/aromatic N) is 1. The summed E-state index contributed by atoms with van der Waals surface area (Å²) in [6.07, 6.45) is 7.70. The van der Waals surface area contributed by atoms with Gasteiger partial charge < -0.3 is 15.7 Å². The molecule has 0 spiro atoms. The van der Waals surface area contributed by atoms with E-state index in [1.165, 1.54) is 32.2 Å². The molecule has 1 atom stereocenters. The molecule has 0 aromatic carbocycles. The summed E-state index contributed by atoms with van der Waals surface area (Å²) in [5.41, 5.74) is 4.65. The van der Waals surface area contributed by atoms with Crippen molar-refractivity contribution in [2.75, 3.05) is 13.1 Å². The lowest BCUT2D eigenvalue weighted by molar-refractivity contribution is -0.142. The summed E-state index contributed by atoms with van der Waals surface area (Å²) in [5.74, 6) is -0.896. The summed E-state index contributed by atoms with van der Waals surface area (Å²) in [6.45, 7) is 6.11. The summed E-state index contributed by atoms with van der Waals surface area (Å²) in [6, 6.07) is 0.806. The Hall–Kier alpha value is -0.610. The zero-order valence-electron chi connectivity index (χ0n) is 11.8. The van der Waals surface area contributed by atoms with Crippen LogP contribution in [0.15, 0.2) is 0 Å². The fraction of sp³-hybridized carbons (Fsp3) is 0.929. The van der Waals surface area contributed by atoms with Crippen molar-refractivity contribution in [2.24, 2.45) is 5.73 Å². The summed E-state index contributed by atoms with van der Waals surface area (Å²) in [4.78, 5) is 13.4. The van der Waals surface area contributed by atoms with E-state index in [9.17, 15) is 4.79 Å². The van der Waals surface area contributed by atoms with Crippen molar-refractivity contribution < 1.29 is 9.90 Å². The molecule has 1 aliphatic rings. The van der Waals surface area contributed by atoms with E-state index in [2.05, 4.69) is 11.8 Å². The highest BCUT2D eigenvalue weighted by Gasteiger charge is 2.29. The third kappa shape index (κ3) is 5.36. The van der Waals surface area contributed by atoms with Gasteiger partial charge >= 0.3 is 5.97 Å². The van der Waals surface area contributed by atoms with Crippen LogP contribution < -0.4 is 5.73 Å². The van der Waals surface area contributed by atoms with Gasteiger partial charge in [-0.2, -0.15) is 0 Å². The van der Waals surface area contributed by atoms with E-state index >= 15 is 0 Å². The minimum absolute atomic E-state index is 0.564. The topological polar surface area (TPSA) is 66.6 Å². The molecule has 0 aromatic heterocycles. The molecule has 0 radical (unpaired) electrons. The van der Waals surface area contributed by atoms with Crippen molar-refractivity contribution in [1.29, 1.82) is 0 Å². The van der Waals surface area contributed by atoms with Crippen LogP contribution in [0, 0.1) is 0 Å². The van der Waals surface area contributed by atoms with Crippen LogP contribution in [-0.4, -0.2) is 40.6 Å². The second-order valence-electron chi connectivity index (χ2n) is 5.80. The van der Waals surface area contributed by atoms with Gasteiger partial charge in [-0.05, 0) is 58.5 Å². The Morgan fingerprint density at radius 2 is 1.94 bits per heavy atom. The zero-order valence-corrected chi connectivity index (χ0v) is 11.8. The van der Waals surface area contributed by atoms with E-state index in [1.54, 1.807) is 6.92 Å². The smallest absolute Gasteiger partial charge is 0.323 e. The monoisotopic (exact) mass is 256 g/mol. The largest absolute Gasteiger partial charge is 0.480 e. The summed E-state index contributed by atoms with van der Waals surface area (Å²) >= 11 is 0. The quantitative estimate of drug-likeness (QED) is 0.588. The van der Waals surface area contributed by atoms with Crippen LogP contribution in [0.5, 0.6) is 0 Å². The highest BCUT2D eigenvalue weighted by molar-refractivity contribution is 5.77. The van der Waals surface area contributed by atoms with Gasteiger partial charge in [0.25, 0.3) is 0 Å². The van der Waals surface area contributed by atoms with Crippen LogP contribution in [0.3, 0.4) is 0 Å². The van der Waals surface area contributed by atoms with Crippen molar-refractivity contribution in [1.82, 2.24) is 4.90 Å². The number of carboxylic acids is 1. The number of carboxylic acid groups (broad SMARTS) is 1. The highest BCUT2D eigenvalue weighted by Crippen LogP contribution is 2.27. The van der Waals surface area contributed by atoms with Gasteiger partial charge in [0, 0.05) is 6.04 Å². The predicted molar refractivity (Wildman–Crippen MR) is 73.6 cm³/mol. The average molecular weight is 256 g/mol. The first kappa shape index (κ1) is 15.4. The molecule has 1 saturated carbocycles. The molecule has 0 amide bonds. The maximum absolute atomic E-state index is 10.9. The second-order valence-corrected chi connectivity index (χ2v) is 5.80. The molecule has 18 heavy (non-hydrogen) atoms. The van der Waals surface area contributed by atoms with Gasteiger partial charge in [0.1, 0.15) is 5.54 Å². The van der Waals surface area contributed by atoms with E-state index in [4.69, 9.17) is 10.8 Å². The van der Waals surface area contributed by atoms with Gasteiger partial charge in [-0.25, -0.2) is 0 Å². The van der Waals surface area contributed by atoms with Gasteiger partial charge in [-0.1, -0.05) is 13.3 Å². The van der Waals surface area contributed by atoms with E-state index < -0.39 is 11.5 Å². The first-order valence-corrected chi connectivity index (χ1v) is 7.23. The Labute approximate surface area is 111 Å². The highest BCUT2D eigenvalue weighted by atomic mass is 16.4. The van der Waals surface area contributed by atoms with Crippen LogP contribution >= 0.6 is 0 Å². The summed E-state index contributed by atoms with van der Waals surface area (Å²) in [7, 11) is 0. The van der Waals surface area contributed by atoms with E-state index in [0.29, 0.717) is 6.42 Å². The lowest BCUT2D eigenvalue weighted by atomic mass is 9.96. The van der Waals surface area contributed by atoms with Crippen molar-refractivity contribution in [3.63, 3.8) is 0 Å². The number of carbonyl (C=O) groups is 1. The van der Waals surface area contributed by atoms with Crippen LogP contribution in [0.1, 0.15) is 58.8 Å². The molecule has 4 nitrogen and oxygen atoms in total. The van der Waals surface area contributed by atoms with Crippen molar-refractivity contribution in [2.45, 2.75) is 70.4 Å². The molecule has 0 aromatic rings. The Balaban J connectivity index is 2.16. The summed E-state index contributed by atoms with van der Waals surface area (Å²) < 4.78 is 0. The predicted octanol–water partition coefficient (Wildman–Crippen LogP) is 2.22. The molecule has 0 bridgehead atoms. The molecule has 1 unspecified atom stereocenters. The molecule has 1 aliphatic carbocycles. The molecular weight excluding hydrogens is 228 g/mol. The number of hydrogen-bond acceptors (Lipinski definition) is 3. The molecule has 1 rings (SSSR count). The third-order valence-electron chi connectivity index (χ3n) is 3.74. The Morgan fingerprint density at radius 1 is 1.33 bits per heavy atom. The molecule has 0 heterocycles. The van der Waals surface area contributed by atoms with Gasteiger partial charge in [-0.15, -0.1) is 0 Å². The van der Waals surface area contributed by atoms with Gasteiger partial charge in [0.2, 0.25) is 0 Å². The normalized spacial score (nSPS) is 18.9. The van der Waals surface area contributed by atoms with Crippen LogP contribution in [0.2, 0.25) is 0 Å². The standard InChI is InChI=1S/C14H28N2O2/c1-3-4-10-16(12-7-8-12)11-6-5-9-14(2,15)13(17)18/h12H,3-11,15H2,1-2H3,(H,17,18). The number of unbranched alkanes of at least 4 members (excludes halogenated alkanes) is 2. The van der Waals surface area contributed by atoms with Gasteiger partial charge in [0.15, 0.2) is 0 Å². The van der Waals surface area contributed by atoms with Crippen molar-refractivity contribution in [3.05, 3.63) is 0 Å². The second kappa shape index (κ2) is 7.10. The maximum atomic E-state index is 10.9. The SMILES string of the molecule is CCCCN(CCCCC(C)(N)C(=O)O)C1CC1. The van der Waals surface area contributed by atoms with Crippen LogP contribution in [0.4, 0.5) is 0 Å². The molecule has 3 N–H and O–H groups in total. The molecular formula is C14H28N2O2. The minimum Gasteiger partial charge on any atom is -0.480 e. The number of hydrogen-bond donors (Lipinski definition) is 2. The molecule has 4 heteroatoms. The van der Waals surface area contributed by atoms with Crippen LogP contribution in [-0.2, 0) is 4.79 Å². The maximum Gasteiger partial charge on any atom is 0.323 e. The Morgan fingerprint density at radius 3 is 2.44 bits per heavy atom. The van der Waals surface area contributed by atoms with Gasteiger partial charge in [-0.3, -0.25) is 4.79 Å². The van der Waals surface area contributed by atoms with Crippen molar-refractivity contribution in [3.8, 4) is 0 Å². The fourth-order valence-corrected chi connectivity index (χ4v) is 2.19. The zero-order chi connectivity index (χ0) is 13.6. The number of rotatable bonds is 10. The van der Waals surface area contributed by atoms with E-state index in [1.807, 2.05) is 0 Å². The Kier molecular flexibility index (Phi) is 6.09. The number of nitrogens with two attached hydrogens (primary N) is 1. The van der Waals surface area contributed by atoms with Crippen molar-refractivity contribution >= 4 is 5.97 Å². The van der Waals surface area contributed by atoms with E-state index in [0.717, 1.165) is 25.4 Å². The lowest BCUT2D eigenvalue weighted by Gasteiger charge is -2.23. The van der Waals surface area contributed by atoms with Crippen LogP contribution in [0.25, 0.3) is 0 Å². The molecule has 1 fully saturated rings. The lowest BCUT2D eigenvalue weighted by Crippen LogP contribution is -2.44. The van der Waals surface area contributed by atoms with E-state index in [-0.39, 0.29) is 0 Å². The van der Waals surface area contributed by atoms with Gasteiger partial charge in [0.05, 0.1) is 0 Å². The first-order valence-electron chi connectivity index (χ1n) is 7.23. The molecule has 106 valence electrons. The average Bonchev–Trinajstić information content (AvgIpc) is 3.12.